The summed E-state index contributed by atoms with van der Waals surface area (Å²) in [6, 6.07) is 21.8. The van der Waals surface area contributed by atoms with Gasteiger partial charge in [0.2, 0.25) is 0 Å². The number of oxime groups is 1. The molecule has 6 heteroatoms. The average molecular weight is 429 g/mol. The lowest BCUT2D eigenvalue weighted by atomic mass is 9.69. The number of rotatable bonds is 6. The first-order valence-corrected chi connectivity index (χ1v) is 10.8. The van der Waals surface area contributed by atoms with Gasteiger partial charge >= 0.3 is 0 Å². The van der Waals surface area contributed by atoms with Crippen LogP contribution in [-0.4, -0.2) is 41.7 Å². The number of piperidine rings is 1. The van der Waals surface area contributed by atoms with Gasteiger partial charge in [-0.3, -0.25) is 9.78 Å². The second-order valence-electron chi connectivity index (χ2n) is 8.04. The van der Waals surface area contributed by atoms with Crippen molar-refractivity contribution >= 4 is 23.0 Å². The number of amides is 1. The molecule has 3 aromatic rings. The number of carbonyl (C=O) groups excluding carboxylic acids is 1. The molecule has 32 heavy (non-hydrogen) atoms. The van der Waals surface area contributed by atoms with Gasteiger partial charge in [0, 0.05) is 47.8 Å². The van der Waals surface area contributed by atoms with Crippen molar-refractivity contribution in [1.82, 2.24) is 9.88 Å². The van der Waals surface area contributed by atoms with Crippen molar-refractivity contribution in [2.45, 2.75) is 25.2 Å². The van der Waals surface area contributed by atoms with Gasteiger partial charge in [0.05, 0.1) is 5.71 Å². The fourth-order valence-corrected chi connectivity index (χ4v) is 4.41. The quantitative estimate of drug-likeness (QED) is 0.442. The van der Waals surface area contributed by atoms with Crippen molar-refractivity contribution in [2.24, 2.45) is 5.16 Å². The van der Waals surface area contributed by atoms with E-state index in [2.05, 4.69) is 39.7 Å². The van der Waals surface area contributed by atoms with Crippen LogP contribution in [0, 0.1) is 0 Å². The van der Waals surface area contributed by atoms with Crippen molar-refractivity contribution in [3.63, 3.8) is 0 Å². The summed E-state index contributed by atoms with van der Waals surface area (Å²) in [5.41, 5.74) is 4.54. The van der Waals surface area contributed by atoms with Crippen LogP contribution in [0.25, 0.3) is 0 Å². The largest absolute Gasteiger partial charge is 0.399 e. The van der Waals surface area contributed by atoms with Gasteiger partial charge in [0.15, 0.2) is 0 Å². The minimum atomic E-state index is -0.216. The number of nitrogens with one attached hydrogen (secondary N) is 1. The van der Waals surface area contributed by atoms with Gasteiger partial charge in [0.25, 0.3) is 5.91 Å². The van der Waals surface area contributed by atoms with Crippen LogP contribution in [0.15, 0.2) is 84.3 Å². The second kappa shape index (κ2) is 9.64. The Kier molecular flexibility index (Phi) is 6.50. The second-order valence-corrected chi connectivity index (χ2v) is 8.04. The van der Waals surface area contributed by atoms with E-state index in [1.165, 1.54) is 5.56 Å². The van der Waals surface area contributed by atoms with Crippen molar-refractivity contribution in [2.75, 3.05) is 25.5 Å². The van der Waals surface area contributed by atoms with E-state index in [0.717, 1.165) is 29.9 Å². The van der Waals surface area contributed by atoms with E-state index in [0.29, 0.717) is 18.7 Å². The number of pyridine rings is 1. The highest BCUT2D eigenvalue weighted by Crippen LogP contribution is 2.37. The van der Waals surface area contributed by atoms with Crippen molar-refractivity contribution < 1.29 is 9.63 Å². The molecular weight excluding hydrogens is 400 g/mol. The minimum absolute atomic E-state index is 0.0588. The van der Waals surface area contributed by atoms with E-state index in [1.54, 1.807) is 19.5 Å². The molecule has 1 saturated heterocycles. The van der Waals surface area contributed by atoms with Gasteiger partial charge in [-0.25, -0.2) is 0 Å². The highest BCUT2D eigenvalue weighted by molar-refractivity contribution is 5.96. The molecule has 164 valence electrons. The van der Waals surface area contributed by atoms with Crippen LogP contribution in [0.1, 0.15) is 35.7 Å². The minimum Gasteiger partial charge on any atom is -0.399 e. The molecule has 1 aromatic heterocycles. The highest BCUT2D eigenvalue weighted by atomic mass is 16.6. The van der Waals surface area contributed by atoms with Gasteiger partial charge in [0.1, 0.15) is 7.11 Å². The van der Waals surface area contributed by atoms with Crippen LogP contribution in [0.4, 0.5) is 11.4 Å². The molecular formula is C26H28N4O2. The van der Waals surface area contributed by atoms with Gasteiger partial charge in [-0.15, -0.1) is 0 Å². The molecule has 0 bridgehead atoms. The summed E-state index contributed by atoms with van der Waals surface area (Å²) in [6.07, 6.45) is 5.10. The molecule has 4 rings (SSSR count). The number of nitrogens with zero attached hydrogens (tertiary/aromatic N) is 3. The molecule has 2 heterocycles. The topological polar surface area (TPSA) is 66.8 Å². The summed E-state index contributed by atoms with van der Waals surface area (Å²) in [5.74, 6) is 0.0588. The summed E-state index contributed by atoms with van der Waals surface area (Å²) in [7, 11) is 1.58. The maximum absolute atomic E-state index is 13.2. The Labute approximate surface area is 188 Å². The van der Waals surface area contributed by atoms with Crippen LogP contribution < -0.4 is 5.32 Å². The SMILES string of the molecule is CO/N=C(/C)C1(c2ccccc2)CCN(C(=O)c2ccc(Nc3ccncc3)cc2)CC1. The van der Waals surface area contributed by atoms with E-state index in [4.69, 9.17) is 4.84 Å². The third-order valence-corrected chi connectivity index (χ3v) is 6.25. The molecule has 0 unspecified atom stereocenters. The van der Waals surface area contributed by atoms with Crippen LogP contribution in [-0.2, 0) is 10.3 Å². The first-order chi connectivity index (χ1) is 15.6. The molecule has 2 aromatic carbocycles. The third kappa shape index (κ3) is 4.49. The number of hydrogen-bond acceptors (Lipinski definition) is 5. The van der Waals surface area contributed by atoms with Crippen LogP contribution in [0.2, 0.25) is 0 Å². The molecule has 1 fully saturated rings. The molecule has 0 saturated carbocycles. The zero-order chi connectivity index (χ0) is 22.4. The van der Waals surface area contributed by atoms with Crippen LogP contribution >= 0.6 is 0 Å². The Bertz CT molecular complexity index is 1060. The maximum Gasteiger partial charge on any atom is 0.253 e. The number of carbonyl (C=O) groups is 1. The standard InChI is InChI=1S/C26H28N4O2/c1-20(29-32-2)26(22-6-4-3-5-7-22)14-18-30(19-15-26)25(31)21-8-10-23(11-9-21)28-24-12-16-27-17-13-24/h3-13,16-17H,14-15,18-19H2,1-2H3,(H,27,28)/b29-20-. The van der Waals surface area contributed by atoms with E-state index < -0.39 is 0 Å². The monoisotopic (exact) mass is 428 g/mol. The van der Waals surface area contributed by atoms with Gasteiger partial charge in [-0.1, -0.05) is 35.5 Å². The van der Waals surface area contributed by atoms with E-state index in [9.17, 15) is 4.79 Å². The highest BCUT2D eigenvalue weighted by Gasteiger charge is 2.40. The predicted molar refractivity (Wildman–Crippen MR) is 127 cm³/mol. The summed E-state index contributed by atoms with van der Waals surface area (Å²) in [6.45, 7) is 3.35. The smallest absolute Gasteiger partial charge is 0.253 e. The predicted octanol–water partition coefficient (Wildman–Crippen LogP) is 5.02. The number of anilines is 2. The lowest BCUT2D eigenvalue weighted by molar-refractivity contribution is 0.0694. The lowest BCUT2D eigenvalue weighted by Crippen LogP contribution is -2.48. The number of hydrogen-bond donors (Lipinski definition) is 1. The fourth-order valence-electron chi connectivity index (χ4n) is 4.41. The normalized spacial score (nSPS) is 15.8. The molecule has 6 nitrogen and oxygen atoms in total. The average Bonchev–Trinajstić information content (AvgIpc) is 2.85. The Morgan fingerprint density at radius 2 is 1.59 bits per heavy atom. The number of benzene rings is 2. The Hall–Kier alpha value is -3.67. The van der Waals surface area contributed by atoms with Gasteiger partial charge in [-0.05, 0) is 61.7 Å². The summed E-state index contributed by atoms with van der Waals surface area (Å²) >= 11 is 0. The molecule has 1 N–H and O–H groups in total. The van der Waals surface area contributed by atoms with Crippen molar-refractivity contribution in [3.05, 3.63) is 90.3 Å². The third-order valence-electron chi connectivity index (χ3n) is 6.25. The fraction of sp³-hybridized carbons (Fsp3) is 0.269. The van der Waals surface area contributed by atoms with E-state index in [-0.39, 0.29) is 11.3 Å². The van der Waals surface area contributed by atoms with Gasteiger partial charge < -0.3 is 15.1 Å². The summed E-state index contributed by atoms with van der Waals surface area (Å²) in [4.78, 5) is 24.2. The zero-order valence-corrected chi connectivity index (χ0v) is 18.5. The molecule has 0 spiro atoms. The van der Waals surface area contributed by atoms with Crippen LogP contribution in [0.3, 0.4) is 0 Å². The van der Waals surface area contributed by atoms with Crippen LogP contribution in [0.5, 0.6) is 0 Å². The van der Waals surface area contributed by atoms with E-state index >= 15 is 0 Å². The Morgan fingerprint density at radius 1 is 0.969 bits per heavy atom. The molecule has 1 aliphatic rings. The molecule has 1 aliphatic heterocycles. The molecule has 1 amide bonds. The first-order valence-electron chi connectivity index (χ1n) is 10.8. The van der Waals surface area contributed by atoms with Crippen molar-refractivity contribution in [3.8, 4) is 0 Å². The Morgan fingerprint density at radius 3 is 2.22 bits per heavy atom. The van der Waals surface area contributed by atoms with Gasteiger partial charge in [-0.2, -0.15) is 0 Å². The molecule has 0 aliphatic carbocycles. The number of aromatic nitrogens is 1. The number of likely N-dealkylation sites (tertiary alicyclic amines) is 1. The van der Waals surface area contributed by atoms with Crippen molar-refractivity contribution in [1.29, 1.82) is 0 Å². The van der Waals surface area contributed by atoms with E-state index in [1.807, 2.05) is 54.3 Å². The molecule has 0 radical (unpaired) electrons. The summed E-state index contributed by atoms with van der Waals surface area (Å²) < 4.78 is 0. The maximum atomic E-state index is 13.2. The Balaban J connectivity index is 1.46. The molecule has 0 atom stereocenters. The lowest BCUT2D eigenvalue weighted by Gasteiger charge is -2.42. The zero-order valence-electron chi connectivity index (χ0n) is 18.5. The first kappa shape index (κ1) is 21.6. The summed E-state index contributed by atoms with van der Waals surface area (Å²) in [5, 5.41) is 7.58.